The van der Waals surface area contributed by atoms with Crippen LogP contribution in [0.4, 0.5) is 14.9 Å². The fourth-order valence-electron chi connectivity index (χ4n) is 3.84. The molecule has 1 unspecified atom stereocenters. The maximum Gasteiger partial charge on any atom is 0.322 e. The summed E-state index contributed by atoms with van der Waals surface area (Å²) in [7, 11) is -1.83. The fraction of sp³-hybridized carbons (Fsp3) is 0.421. The molecule has 3 heterocycles. The lowest BCUT2D eigenvalue weighted by atomic mass is 10.0. The number of anilines is 1. The van der Waals surface area contributed by atoms with Crippen LogP contribution in [0.2, 0.25) is 5.02 Å². The van der Waals surface area contributed by atoms with E-state index in [9.17, 15) is 22.4 Å². The second-order valence-corrected chi connectivity index (χ2v) is 10.6. The molecule has 1 aromatic heterocycles. The molecule has 3 amide bonds. The number of sulfone groups is 1. The summed E-state index contributed by atoms with van der Waals surface area (Å²) in [4.78, 5) is 28.6. The van der Waals surface area contributed by atoms with Crippen LogP contribution in [-0.4, -0.2) is 71.6 Å². The molecule has 4 rings (SSSR count). The summed E-state index contributed by atoms with van der Waals surface area (Å²) in [5.74, 6) is -0.910. The molecule has 2 aliphatic heterocycles. The van der Waals surface area contributed by atoms with Crippen molar-refractivity contribution in [2.45, 2.75) is 24.8 Å². The van der Waals surface area contributed by atoms with Gasteiger partial charge in [-0.05, 0) is 18.2 Å². The quantitative estimate of drug-likeness (QED) is 0.721. The van der Waals surface area contributed by atoms with Gasteiger partial charge in [-0.3, -0.25) is 9.48 Å². The van der Waals surface area contributed by atoms with E-state index in [2.05, 4.69) is 10.4 Å². The molecule has 0 saturated heterocycles. The van der Waals surface area contributed by atoms with Gasteiger partial charge in [0.1, 0.15) is 11.5 Å². The minimum atomic E-state index is -3.38. The Morgan fingerprint density at radius 3 is 2.74 bits per heavy atom. The molecule has 0 bridgehead atoms. The highest BCUT2D eigenvalue weighted by atomic mass is 35.5. The van der Waals surface area contributed by atoms with Crippen LogP contribution in [0.15, 0.2) is 18.2 Å². The van der Waals surface area contributed by atoms with Crippen molar-refractivity contribution in [1.29, 1.82) is 0 Å². The number of aromatic nitrogens is 2. The zero-order valence-electron chi connectivity index (χ0n) is 16.9. The topological polar surface area (TPSA) is 105 Å². The first-order valence-corrected chi connectivity index (χ1v) is 11.9. The predicted molar refractivity (Wildman–Crippen MR) is 112 cm³/mol. The van der Waals surface area contributed by atoms with Gasteiger partial charge < -0.3 is 15.1 Å². The minimum absolute atomic E-state index is 0.0747. The zero-order valence-corrected chi connectivity index (χ0v) is 18.5. The molecule has 1 aromatic carbocycles. The number of halogens is 2. The molecule has 0 aliphatic carbocycles. The van der Waals surface area contributed by atoms with Crippen molar-refractivity contribution in [3.63, 3.8) is 0 Å². The molecule has 0 fully saturated rings. The lowest BCUT2D eigenvalue weighted by Crippen LogP contribution is -2.40. The molecule has 1 atom stereocenters. The first-order chi connectivity index (χ1) is 14.5. The van der Waals surface area contributed by atoms with Gasteiger partial charge in [-0.25, -0.2) is 17.6 Å². The van der Waals surface area contributed by atoms with Crippen molar-refractivity contribution in [3.05, 3.63) is 46.0 Å². The number of carbonyl (C=O) groups excluding carboxylic acids is 2. The molecule has 12 heteroatoms. The van der Waals surface area contributed by atoms with Gasteiger partial charge in [-0.15, -0.1) is 0 Å². The van der Waals surface area contributed by atoms with E-state index in [1.807, 2.05) is 0 Å². The van der Waals surface area contributed by atoms with E-state index < -0.39 is 26.9 Å². The van der Waals surface area contributed by atoms with E-state index in [0.29, 0.717) is 35.6 Å². The van der Waals surface area contributed by atoms with Crippen LogP contribution < -0.4 is 5.32 Å². The second-order valence-electron chi connectivity index (χ2n) is 7.82. The number of nitrogens with one attached hydrogen (secondary N) is 1. The normalized spacial score (nSPS) is 19.0. The highest BCUT2D eigenvalue weighted by Crippen LogP contribution is 2.27. The first-order valence-electron chi connectivity index (χ1n) is 9.58. The SMILES string of the molecule is CN1CC(S(C)(=O)=O)Cn2nc3c(c2C1=O)CN(C(=O)Nc1ccc(F)c(Cl)c1)CC3. The maximum atomic E-state index is 13.3. The molecule has 1 N–H and O–H groups in total. The number of amides is 3. The van der Waals surface area contributed by atoms with Crippen LogP contribution in [0, 0.1) is 5.82 Å². The van der Waals surface area contributed by atoms with Crippen molar-refractivity contribution < 1.29 is 22.4 Å². The molecule has 0 radical (unpaired) electrons. The molecule has 2 aromatic rings. The van der Waals surface area contributed by atoms with E-state index in [-0.39, 0.29) is 30.6 Å². The van der Waals surface area contributed by atoms with Gasteiger partial charge in [0.15, 0.2) is 9.84 Å². The Bertz CT molecular complexity index is 1180. The smallest absolute Gasteiger partial charge is 0.322 e. The molecular weight excluding hydrogens is 449 g/mol. The van der Waals surface area contributed by atoms with Gasteiger partial charge in [0.05, 0.1) is 29.1 Å². The zero-order chi connectivity index (χ0) is 22.5. The lowest BCUT2D eigenvalue weighted by Gasteiger charge is -2.27. The van der Waals surface area contributed by atoms with Gasteiger partial charge in [0, 0.05) is 44.1 Å². The number of nitrogens with zero attached hydrogens (tertiary/aromatic N) is 4. The van der Waals surface area contributed by atoms with E-state index in [1.165, 1.54) is 26.6 Å². The summed E-state index contributed by atoms with van der Waals surface area (Å²) in [6.45, 7) is 0.668. The third-order valence-corrected chi connectivity index (χ3v) is 7.37. The number of carbonyl (C=O) groups is 2. The average molecular weight is 470 g/mol. The number of benzene rings is 1. The standard InChI is InChI=1S/C19H21ClFN5O4S/c1-24-8-12(31(2,29)30)9-26-17(18(24)27)13-10-25(6-5-16(13)23-26)19(28)22-11-3-4-15(21)14(20)7-11/h3-4,7,12H,5-6,8-10H2,1-2H3,(H,22,28). The molecule has 2 aliphatic rings. The van der Waals surface area contributed by atoms with E-state index in [4.69, 9.17) is 11.6 Å². The van der Waals surface area contributed by atoms with Crippen molar-refractivity contribution in [1.82, 2.24) is 19.6 Å². The molecular formula is C19H21ClFN5O4S. The third-order valence-electron chi connectivity index (χ3n) is 5.57. The van der Waals surface area contributed by atoms with E-state index >= 15 is 0 Å². The van der Waals surface area contributed by atoms with Crippen LogP contribution in [-0.2, 0) is 29.3 Å². The number of urea groups is 1. The molecule has 0 spiro atoms. The number of hydrogen-bond donors (Lipinski definition) is 1. The average Bonchev–Trinajstić information content (AvgIpc) is 2.99. The van der Waals surface area contributed by atoms with E-state index in [0.717, 1.165) is 12.3 Å². The monoisotopic (exact) mass is 469 g/mol. The van der Waals surface area contributed by atoms with Gasteiger partial charge in [0.25, 0.3) is 5.91 Å². The van der Waals surface area contributed by atoms with Crippen molar-refractivity contribution >= 4 is 39.1 Å². The molecule has 0 saturated carbocycles. The van der Waals surface area contributed by atoms with Crippen LogP contribution in [0.25, 0.3) is 0 Å². The van der Waals surface area contributed by atoms with Crippen LogP contribution >= 0.6 is 11.6 Å². The second kappa shape index (κ2) is 7.79. The number of fused-ring (bicyclic) bond motifs is 3. The highest BCUT2D eigenvalue weighted by molar-refractivity contribution is 7.91. The van der Waals surface area contributed by atoms with E-state index in [1.54, 1.807) is 7.05 Å². The van der Waals surface area contributed by atoms with Crippen LogP contribution in [0.1, 0.15) is 21.7 Å². The molecule has 166 valence electrons. The summed E-state index contributed by atoms with van der Waals surface area (Å²) in [5.41, 5.74) is 1.96. The Morgan fingerprint density at radius 2 is 2.06 bits per heavy atom. The minimum Gasteiger partial charge on any atom is -0.339 e. The van der Waals surface area contributed by atoms with Crippen LogP contribution in [0.3, 0.4) is 0 Å². The van der Waals surface area contributed by atoms with Crippen molar-refractivity contribution in [2.24, 2.45) is 0 Å². The summed E-state index contributed by atoms with van der Waals surface area (Å²) in [5, 5.41) is 6.30. The Labute approximate surface area is 183 Å². The Kier molecular flexibility index (Phi) is 5.42. The summed E-state index contributed by atoms with van der Waals surface area (Å²) in [6.07, 6.45) is 1.58. The Balaban J connectivity index is 1.60. The van der Waals surface area contributed by atoms with Gasteiger partial charge in [0.2, 0.25) is 0 Å². The summed E-state index contributed by atoms with van der Waals surface area (Å²) in [6, 6.07) is 3.47. The fourth-order valence-corrected chi connectivity index (χ4v) is 4.93. The number of rotatable bonds is 2. The largest absolute Gasteiger partial charge is 0.339 e. The van der Waals surface area contributed by atoms with Gasteiger partial charge in [-0.2, -0.15) is 5.10 Å². The van der Waals surface area contributed by atoms with Crippen molar-refractivity contribution in [2.75, 3.05) is 31.7 Å². The number of hydrogen-bond acceptors (Lipinski definition) is 5. The first kappa shape index (κ1) is 21.6. The predicted octanol–water partition coefficient (Wildman–Crippen LogP) is 1.76. The van der Waals surface area contributed by atoms with Crippen LogP contribution in [0.5, 0.6) is 0 Å². The highest BCUT2D eigenvalue weighted by Gasteiger charge is 2.37. The molecule has 31 heavy (non-hydrogen) atoms. The van der Waals surface area contributed by atoms with Gasteiger partial charge >= 0.3 is 6.03 Å². The molecule has 9 nitrogen and oxygen atoms in total. The third kappa shape index (κ3) is 4.11. The maximum absolute atomic E-state index is 13.3. The van der Waals surface area contributed by atoms with Crippen molar-refractivity contribution in [3.8, 4) is 0 Å². The lowest BCUT2D eigenvalue weighted by molar-refractivity contribution is 0.0794. The summed E-state index contributed by atoms with van der Waals surface area (Å²) >= 11 is 5.77. The Morgan fingerprint density at radius 1 is 1.32 bits per heavy atom. The summed E-state index contributed by atoms with van der Waals surface area (Å²) < 4.78 is 39.1. The Hall–Kier alpha value is -2.66. The van der Waals surface area contributed by atoms with Gasteiger partial charge in [-0.1, -0.05) is 11.6 Å².